The van der Waals surface area contributed by atoms with E-state index in [4.69, 9.17) is 0 Å². The van der Waals surface area contributed by atoms with Crippen LogP contribution in [0.15, 0.2) is 35.5 Å². The van der Waals surface area contributed by atoms with Gasteiger partial charge in [0.15, 0.2) is 0 Å². The normalized spacial score (nSPS) is 22.2. The molecule has 0 unspecified atom stereocenters. The summed E-state index contributed by atoms with van der Waals surface area (Å²) in [7, 11) is 0. The van der Waals surface area contributed by atoms with Crippen LogP contribution < -0.4 is 0 Å². The minimum atomic E-state index is 0.300. The first-order valence-electron chi connectivity index (χ1n) is 6.46. The number of aromatic nitrogens is 4. The zero-order valence-electron chi connectivity index (χ0n) is 10.5. The molecular weight excluding hydrogens is 260 g/mol. The Balaban J connectivity index is 1.68. The van der Waals surface area contributed by atoms with Gasteiger partial charge in [0.25, 0.3) is 0 Å². The lowest BCUT2D eigenvalue weighted by molar-refractivity contribution is 0.106. The van der Waals surface area contributed by atoms with Gasteiger partial charge in [-0.3, -0.25) is 0 Å². The van der Waals surface area contributed by atoms with Crippen molar-refractivity contribution in [3.8, 4) is 5.69 Å². The van der Waals surface area contributed by atoms with E-state index in [2.05, 4.69) is 15.5 Å². The summed E-state index contributed by atoms with van der Waals surface area (Å²) in [4.78, 5) is 0. The third-order valence-corrected chi connectivity index (χ3v) is 4.79. The number of nitrogens with zero attached hydrogens (tertiary/aromatic N) is 4. The summed E-state index contributed by atoms with van der Waals surface area (Å²) in [5.74, 6) is 2.03. The van der Waals surface area contributed by atoms with Crippen molar-refractivity contribution in [2.75, 3.05) is 12.4 Å². The van der Waals surface area contributed by atoms with Crippen molar-refractivity contribution in [2.45, 2.75) is 18.0 Å². The molecule has 2 atom stereocenters. The zero-order chi connectivity index (χ0) is 13.1. The fourth-order valence-corrected chi connectivity index (χ4v) is 3.44. The zero-order valence-corrected chi connectivity index (χ0v) is 11.3. The molecule has 1 aromatic carbocycles. The Kier molecular flexibility index (Phi) is 3.79. The molecule has 0 spiro atoms. The second kappa shape index (κ2) is 5.71. The molecule has 19 heavy (non-hydrogen) atoms. The Morgan fingerprint density at radius 2 is 2.00 bits per heavy atom. The van der Waals surface area contributed by atoms with Crippen LogP contribution in [0.1, 0.15) is 12.8 Å². The molecule has 2 aromatic rings. The average molecular weight is 276 g/mol. The first-order valence-corrected chi connectivity index (χ1v) is 7.44. The molecule has 0 saturated heterocycles. The summed E-state index contributed by atoms with van der Waals surface area (Å²) in [6.45, 7) is 0.300. The number of hydrogen-bond donors (Lipinski definition) is 1. The predicted octanol–water partition coefficient (Wildman–Crippen LogP) is 1.77. The van der Waals surface area contributed by atoms with Gasteiger partial charge in [0, 0.05) is 12.4 Å². The SMILES string of the molecule is OC[C@@H]1CC[C@H]1CSc1nnnn1-c1ccccc1. The fraction of sp³-hybridized carbons (Fsp3) is 0.462. The summed E-state index contributed by atoms with van der Waals surface area (Å²) in [5, 5.41) is 21.9. The summed E-state index contributed by atoms with van der Waals surface area (Å²) in [6.07, 6.45) is 2.34. The number of aliphatic hydroxyl groups is 1. The molecule has 1 heterocycles. The maximum atomic E-state index is 9.19. The number of thioether (sulfide) groups is 1. The Bertz CT molecular complexity index is 528. The smallest absolute Gasteiger partial charge is 0.214 e. The van der Waals surface area contributed by atoms with Crippen LogP contribution in [0, 0.1) is 11.8 Å². The van der Waals surface area contributed by atoms with E-state index in [-0.39, 0.29) is 0 Å². The summed E-state index contributed by atoms with van der Waals surface area (Å²) in [5.41, 5.74) is 0.974. The van der Waals surface area contributed by atoms with Gasteiger partial charge in [-0.1, -0.05) is 30.0 Å². The van der Waals surface area contributed by atoms with Gasteiger partial charge in [-0.15, -0.1) is 5.10 Å². The Labute approximate surface area is 116 Å². The van der Waals surface area contributed by atoms with Crippen LogP contribution in [0.25, 0.3) is 5.69 Å². The van der Waals surface area contributed by atoms with Gasteiger partial charge in [0.05, 0.1) is 5.69 Å². The van der Waals surface area contributed by atoms with E-state index in [0.717, 1.165) is 23.0 Å². The first kappa shape index (κ1) is 12.6. The van der Waals surface area contributed by atoms with Crippen molar-refractivity contribution in [2.24, 2.45) is 11.8 Å². The van der Waals surface area contributed by atoms with Gasteiger partial charge in [-0.2, -0.15) is 4.68 Å². The van der Waals surface area contributed by atoms with Crippen molar-refractivity contribution < 1.29 is 5.11 Å². The minimum absolute atomic E-state index is 0.300. The molecule has 1 aliphatic rings. The van der Waals surface area contributed by atoms with Crippen LogP contribution in [-0.4, -0.2) is 37.7 Å². The highest BCUT2D eigenvalue weighted by Gasteiger charge is 2.30. The summed E-state index contributed by atoms with van der Waals surface area (Å²) in [6, 6.07) is 9.89. The second-order valence-electron chi connectivity index (χ2n) is 4.80. The average Bonchev–Trinajstić information content (AvgIpc) is 2.88. The van der Waals surface area contributed by atoms with Gasteiger partial charge in [-0.05, 0) is 47.2 Å². The predicted molar refractivity (Wildman–Crippen MR) is 73.2 cm³/mol. The highest BCUT2D eigenvalue weighted by molar-refractivity contribution is 7.99. The van der Waals surface area contributed by atoms with E-state index in [0.29, 0.717) is 18.4 Å². The molecule has 1 aromatic heterocycles. The molecule has 1 N–H and O–H groups in total. The van der Waals surface area contributed by atoms with Crippen LogP contribution in [0.3, 0.4) is 0 Å². The molecule has 0 aliphatic heterocycles. The monoisotopic (exact) mass is 276 g/mol. The van der Waals surface area contributed by atoms with E-state index in [9.17, 15) is 5.11 Å². The fourth-order valence-electron chi connectivity index (χ4n) is 2.28. The number of tetrazole rings is 1. The molecular formula is C13H16N4OS. The van der Waals surface area contributed by atoms with Crippen molar-refractivity contribution in [1.29, 1.82) is 0 Å². The van der Waals surface area contributed by atoms with Crippen LogP contribution in [0.2, 0.25) is 0 Å². The largest absolute Gasteiger partial charge is 0.396 e. The van der Waals surface area contributed by atoms with Gasteiger partial charge in [0.2, 0.25) is 5.16 Å². The molecule has 0 amide bonds. The maximum absolute atomic E-state index is 9.19. The summed E-state index contributed by atoms with van der Waals surface area (Å²) < 4.78 is 1.76. The molecule has 5 nitrogen and oxygen atoms in total. The summed E-state index contributed by atoms with van der Waals surface area (Å²) >= 11 is 1.67. The van der Waals surface area contributed by atoms with Crippen LogP contribution in [0.5, 0.6) is 0 Å². The Morgan fingerprint density at radius 3 is 2.68 bits per heavy atom. The Morgan fingerprint density at radius 1 is 1.21 bits per heavy atom. The molecule has 0 radical (unpaired) electrons. The first-order chi connectivity index (χ1) is 9.38. The van der Waals surface area contributed by atoms with Gasteiger partial charge in [0.1, 0.15) is 0 Å². The Hall–Kier alpha value is -1.40. The lowest BCUT2D eigenvalue weighted by Crippen LogP contribution is -2.30. The van der Waals surface area contributed by atoms with Gasteiger partial charge >= 0.3 is 0 Å². The lowest BCUT2D eigenvalue weighted by atomic mass is 9.75. The molecule has 0 bridgehead atoms. The van der Waals surface area contributed by atoms with Crippen LogP contribution in [0.4, 0.5) is 0 Å². The number of hydrogen-bond acceptors (Lipinski definition) is 5. The highest BCUT2D eigenvalue weighted by atomic mass is 32.2. The van der Waals surface area contributed by atoms with Crippen molar-refractivity contribution in [1.82, 2.24) is 20.2 Å². The number of aliphatic hydroxyl groups excluding tert-OH is 1. The quantitative estimate of drug-likeness (QED) is 0.843. The van der Waals surface area contributed by atoms with E-state index >= 15 is 0 Å². The van der Waals surface area contributed by atoms with Crippen LogP contribution >= 0.6 is 11.8 Å². The molecule has 1 fully saturated rings. The maximum Gasteiger partial charge on any atom is 0.214 e. The minimum Gasteiger partial charge on any atom is -0.396 e. The third kappa shape index (κ3) is 2.64. The topological polar surface area (TPSA) is 63.8 Å². The van der Waals surface area contributed by atoms with E-state index in [1.807, 2.05) is 30.3 Å². The molecule has 1 aliphatic carbocycles. The lowest BCUT2D eigenvalue weighted by Gasteiger charge is -2.34. The van der Waals surface area contributed by atoms with E-state index in [1.165, 1.54) is 6.42 Å². The molecule has 1 saturated carbocycles. The van der Waals surface area contributed by atoms with Gasteiger partial charge in [-0.25, -0.2) is 0 Å². The molecule has 6 heteroatoms. The third-order valence-electron chi connectivity index (χ3n) is 3.68. The number of benzene rings is 1. The van der Waals surface area contributed by atoms with Crippen molar-refractivity contribution in [3.63, 3.8) is 0 Å². The van der Waals surface area contributed by atoms with Crippen molar-refractivity contribution >= 4 is 11.8 Å². The number of rotatable bonds is 5. The number of para-hydroxylation sites is 1. The second-order valence-corrected chi connectivity index (χ2v) is 5.79. The molecule has 100 valence electrons. The van der Waals surface area contributed by atoms with Gasteiger partial charge < -0.3 is 5.11 Å². The van der Waals surface area contributed by atoms with Crippen molar-refractivity contribution in [3.05, 3.63) is 30.3 Å². The van der Waals surface area contributed by atoms with E-state index < -0.39 is 0 Å². The highest BCUT2D eigenvalue weighted by Crippen LogP contribution is 2.37. The van der Waals surface area contributed by atoms with Crippen LogP contribution in [-0.2, 0) is 0 Å². The molecule has 3 rings (SSSR count). The van der Waals surface area contributed by atoms with E-state index in [1.54, 1.807) is 16.4 Å². The standard InChI is InChI=1S/C13H16N4OS/c18-8-10-6-7-11(10)9-19-13-14-15-16-17(13)12-4-2-1-3-5-12/h1-5,10-11,18H,6-9H2/t10-,11-/m0/s1.